The molecule has 0 atom stereocenters. The molecule has 2 aromatic rings. The van der Waals surface area contributed by atoms with Crippen LogP contribution in [0.2, 0.25) is 0 Å². The molecule has 0 unspecified atom stereocenters. The lowest BCUT2D eigenvalue weighted by Crippen LogP contribution is -2.54. The van der Waals surface area contributed by atoms with E-state index in [0.717, 1.165) is 31.7 Å². The third-order valence-corrected chi connectivity index (χ3v) is 7.53. The Hall–Kier alpha value is -3.34. The van der Waals surface area contributed by atoms with Crippen LogP contribution in [0.3, 0.4) is 0 Å². The number of carbonyl (C=O) groups excluding carboxylic acids is 3. The number of aromatic nitrogens is 1. The fourth-order valence-corrected chi connectivity index (χ4v) is 5.34. The second-order valence-electron chi connectivity index (χ2n) is 10.1. The molecule has 1 saturated carbocycles. The van der Waals surface area contributed by atoms with Crippen LogP contribution in [0, 0.1) is 6.92 Å². The van der Waals surface area contributed by atoms with E-state index in [-0.39, 0.29) is 47.8 Å². The highest BCUT2D eigenvalue weighted by Gasteiger charge is 2.34. The number of urea groups is 1. The lowest BCUT2D eigenvalue weighted by atomic mass is 9.96. The SMILES string of the molecule is Cc1c(C(N)=O)cc(C(=O)CN2CCN(C(=O)NC3CCCCC3)CC2)n1Cc1ccccc1C(F)(F)F. The fourth-order valence-electron chi connectivity index (χ4n) is 5.34. The molecule has 1 aliphatic carbocycles. The van der Waals surface area contributed by atoms with Gasteiger partial charge in [-0.3, -0.25) is 14.5 Å². The minimum atomic E-state index is -4.56. The van der Waals surface area contributed by atoms with E-state index < -0.39 is 17.6 Å². The predicted octanol–water partition coefficient (Wildman–Crippen LogP) is 3.81. The molecule has 4 rings (SSSR count). The maximum atomic E-state index is 13.6. The van der Waals surface area contributed by atoms with E-state index in [4.69, 9.17) is 5.73 Å². The number of nitrogens with one attached hydrogen (secondary N) is 1. The summed E-state index contributed by atoms with van der Waals surface area (Å²) in [5.41, 5.74) is 5.24. The molecule has 2 fully saturated rings. The van der Waals surface area contributed by atoms with E-state index in [0.29, 0.717) is 31.9 Å². The standard InChI is InChI=1S/C27H34F3N5O3/c1-18-21(25(31)37)15-23(35(18)16-19-7-5-6-10-22(19)27(28,29)30)24(36)17-33-11-13-34(14-12-33)26(38)32-20-8-3-2-4-9-20/h5-7,10,15,20H,2-4,8-9,11-14,16-17H2,1H3,(H2,31,37)(H,32,38). The van der Waals surface area contributed by atoms with Crippen molar-refractivity contribution in [1.29, 1.82) is 0 Å². The summed E-state index contributed by atoms with van der Waals surface area (Å²) in [4.78, 5) is 41.6. The van der Waals surface area contributed by atoms with Crippen LogP contribution in [-0.2, 0) is 12.7 Å². The molecular formula is C27H34F3N5O3. The van der Waals surface area contributed by atoms with Crippen LogP contribution in [-0.4, -0.2) is 70.9 Å². The van der Waals surface area contributed by atoms with Gasteiger partial charge in [0.2, 0.25) is 0 Å². The Bertz CT molecular complexity index is 1180. The second-order valence-corrected chi connectivity index (χ2v) is 10.1. The van der Waals surface area contributed by atoms with E-state index in [9.17, 15) is 27.6 Å². The zero-order valence-corrected chi connectivity index (χ0v) is 21.5. The summed E-state index contributed by atoms with van der Waals surface area (Å²) in [5, 5.41) is 3.11. The number of Topliss-reactive ketones (excluding diaryl/α,β-unsaturated/α-hetero) is 1. The average molecular weight is 534 g/mol. The quantitative estimate of drug-likeness (QED) is 0.529. The average Bonchev–Trinajstić information content (AvgIpc) is 3.21. The minimum Gasteiger partial charge on any atom is -0.366 e. The summed E-state index contributed by atoms with van der Waals surface area (Å²) in [5.74, 6) is -1.08. The molecule has 1 saturated heterocycles. The monoisotopic (exact) mass is 533 g/mol. The van der Waals surface area contributed by atoms with Crippen LogP contribution < -0.4 is 11.1 Å². The highest BCUT2D eigenvalue weighted by atomic mass is 19.4. The van der Waals surface area contributed by atoms with Crippen molar-refractivity contribution in [2.75, 3.05) is 32.7 Å². The Morgan fingerprint density at radius 3 is 2.32 bits per heavy atom. The van der Waals surface area contributed by atoms with Crippen molar-refractivity contribution in [2.45, 2.75) is 57.8 Å². The Morgan fingerprint density at radius 2 is 1.68 bits per heavy atom. The van der Waals surface area contributed by atoms with E-state index in [1.165, 1.54) is 35.3 Å². The summed E-state index contributed by atoms with van der Waals surface area (Å²) in [6, 6.07) is 6.67. The minimum absolute atomic E-state index is 0.0126. The number of piperazine rings is 1. The molecule has 2 aliphatic rings. The van der Waals surface area contributed by atoms with Gasteiger partial charge in [-0.2, -0.15) is 13.2 Å². The van der Waals surface area contributed by atoms with Crippen LogP contribution >= 0.6 is 0 Å². The first-order chi connectivity index (χ1) is 18.0. The molecular weight excluding hydrogens is 499 g/mol. The van der Waals surface area contributed by atoms with Crippen molar-refractivity contribution in [3.63, 3.8) is 0 Å². The molecule has 38 heavy (non-hydrogen) atoms. The number of carbonyl (C=O) groups is 3. The van der Waals surface area contributed by atoms with Crippen molar-refractivity contribution in [3.8, 4) is 0 Å². The molecule has 1 aliphatic heterocycles. The Labute approximate surface area is 219 Å². The Balaban J connectivity index is 1.44. The van der Waals surface area contributed by atoms with Gasteiger partial charge in [0.15, 0.2) is 5.78 Å². The normalized spacial score (nSPS) is 17.4. The van der Waals surface area contributed by atoms with Gasteiger partial charge in [-0.1, -0.05) is 37.5 Å². The van der Waals surface area contributed by atoms with E-state index in [1.807, 2.05) is 4.90 Å². The number of nitrogens with two attached hydrogens (primary N) is 1. The number of alkyl halides is 3. The number of hydrogen-bond acceptors (Lipinski definition) is 4. The number of hydrogen-bond donors (Lipinski definition) is 2. The summed E-state index contributed by atoms with van der Waals surface area (Å²) < 4.78 is 42.2. The molecule has 1 aromatic carbocycles. The lowest BCUT2D eigenvalue weighted by Gasteiger charge is -2.35. The summed E-state index contributed by atoms with van der Waals surface area (Å²) in [6.07, 6.45) is 0.900. The van der Waals surface area contributed by atoms with E-state index in [2.05, 4.69) is 5.32 Å². The first-order valence-electron chi connectivity index (χ1n) is 13.0. The third-order valence-electron chi connectivity index (χ3n) is 7.53. The summed E-state index contributed by atoms with van der Waals surface area (Å²) in [7, 11) is 0. The van der Waals surface area contributed by atoms with Crippen molar-refractivity contribution in [2.24, 2.45) is 5.73 Å². The molecule has 0 bridgehead atoms. The molecule has 0 spiro atoms. The van der Waals surface area contributed by atoms with Gasteiger partial charge in [-0.25, -0.2) is 4.79 Å². The molecule has 8 nitrogen and oxygen atoms in total. The van der Waals surface area contributed by atoms with Gasteiger partial charge in [0.25, 0.3) is 5.91 Å². The van der Waals surface area contributed by atoms with Crippen molar-refractivity contribution in [3.05, 3.63) is 58.4 Å². The van der Waals surface area contributed by atoms with E-state index in [1.54, 1.807) is 11.8 Å². The number of benzene rings is 1. The van der Waals surface area contributed by atoms with Gasteiger partial charge in [-0.05, 0) is 37.5 Å². The molecule has 1 aromatic heterocycles. The number of amides is 3. The highest BCUT2D eigenvalue weighted by molar-refractivity contribution is 6.01. The van der Waals surface area contributed by atoms with Crippen LogP contribution in [0.1, 0.15) is 69.8 Å². The first kappa shape index (κ1) is 27.7. The van der Waals surface area contributed by atoms with Gasteiger partial charge in [0, 0.05) is 44.5 Å². The molecule has 2 heterocycles. The van der Waals surface area contributed by atoms with Crippen molar-refractivity contribution in [1.82, 2.24) is 19.7 Å². The number of nitrogens with zero attached hydrogens (tertiary/aromatic N) is 3. The summed E-state index contributed by atoms with van der Waals surface area (Å²) >= 11 is 0. The largest absolute Gasteiger partial charge is 0.416 e. The van der Waals surface area contributed by atoms with Crippen LogP contribution in [0.15, 0.2) is 30.3 Å². The number of primary amides is 1. The van der Waals surface area contributed by atoms with Crippen LogP contribution in [0.4, 0.5) is 18.0 Å². The van der Waals surface area contributed by atoms with Gasteiger partial charge in [0.05, 0.1) is 23.4 Å². The Kier molecular flexibility index (Phi) is 8.44. The first-order valence-corrected chi connectivity index (χ1v) is 13.0. The number of ketones is 1. The molecule has 3 N–H and O–H groups in total. The van der Waals surface area contributed by atoms with Gasteiger partial charge in [0.1, 0.15) is 0 Å². The van der Waals surface area contributed by atoms with Gasteiger partial charge >= 0.3 is 12.2 Å². The lowest BCUT2D eigenvalue weighted by molar-refractivity contribution is -0.138. The van der Waals surface area contributed by atoms with Gasteiger partial charge < -0.3 is 20.5 Å². The zero-order chi connectivity index (χ0) is 27.4. The maximum Gasteiger partial charge on any atom is 0.416 e. The predicted molar refractivity (Wildman–Crippen MR) is 136 cm³/mol. The van der Waals surface area contributed by atoms with E-state index >= 15 is 0 Å². The molecule has 11 heteroatoms. The molecule has 206 valence electrons. The third kappa shape index (κ3) is 6.38. The summed E-state index contributed by atoms with van der Waals surface area (Å²) in [6.45, 7) is 3.27. The number of halogens is 3. The Morgan fingerprint density at radius 1 is 1.03 bits per heavy atom. The highest BCUT2D eigenvalue weighted by Crippen LogP contribution is 2.33. The topological polar surface area (TPSA) is 101 Å². The maximum absolute atomic E-state index is 13.6. The second kappa shape index (κ2) is 11.6. The van der Waals surface area contributed by atoms with Crippen LogP contribution in [0.25, 0.3) is 0 Å². The van der Waals surface area contributed by atoms with Crippen molar-refractivity contribution >= 4 is 17.7 Å². The zero-order valence-electron chi connectivity index (χ0n) is 21.5. The molecule has 3 amide bonds. The molecule has 0 radical (unpaired) electrons. The fraction of sp³-hybridized carbons (Fsp3) is 0.519. The van der Waals surface area contributed by atoms with Gasteiger partial charge in [-0.15, -0.1) is 0 Å². The smallest absolute Gasteiger partial charge is 0.366 e. The number of rotatable bonds is 7. The van der Waals surface area contributed by atoms with Crippen molar-refractivity contribution < 1.29 is 27.6 Å². The van der Waals surface area contributed by atoms with Crippen LogP contribution in [0.5, 0.6) is 0 Å².